The maximum atomic E-state index is 10.8. The van der Waals surface area contributed by atoms with Crippen molar-refractivity contribution >= 4 is 17.6 Å². The van der Waals surface area contributed by atoms with Crippen LogP contribution in [0.25, 0.3) is 0 Å². The number of hydrogen-bond donors (Lipinski definition) is 1. The third kappa shape index (κ3) is 3.48. The Morgan fingerprint density at radius 3 is 2.94 bits per heavy atom. The number of unbranched alkanes of at least 4 members (excludes halogenated alkanes) is 1. The van der Waals surface area contributed by atoms with Gasteiger partial charge >= 0.3 is 5.97 Å². The van der Waals surface area contributed by atoms with Gasteiger partial charge in [-0.05, 0) is 24.6 Å². The third-order valence-corrected chi connectivity index (χ3v) is 2.23. The second-order valence-corrected chi connectivity index (χ2v) is 3.51. The lowest BCUT2D eigenvalue weighted by Crippen LogP contribution is -2.01. The quantitative estimate of drug-likeness (QED) is 0.634. The zero-order valence-electron chi connectivity index (χ0n) is 8.57. The van der Waals surface area contributed by atoms with Gasteiger partial charge in [0.2, 0.25) is 0 Å². The first-order valence-electron chi connectivity index (χ1n) is 4.74. The van der Waals surface area contributed by atoms with Crippen molar-refractivity contribution in [3.8, 4) is 18.1 Å². The highest BCUT2D eigenvalue weighted by Crippen LogP contribution is 2.22. The van der Waals surface area contributed by atoms with Crippen LogP contribution in [-0.4, -0.2) is 17.7 Å². The van der Waals surface area contributed by atoms with E-state index >= 15 is 0 Å². The van der Waals surface area contributed by atoms with Gasteiger partial charge in [-0.3, -0.25) is 0 Å². The Morgan fingerprint density at radius 2 is 2.31 bits per heavy atom. The average Bonchev–Trinajstić information content (AvgIpc) is 2.26. The van der Waals surface area contributed by atoms with Gasteiger partial charge in [0.15, 0.2) is 0 Å². The molecular formula is C12H11ClO3. The molecule has 4 heteroatoms. The lowest BCUT2D eigenvalue weighted by Gasteiger charge is -2.06. The van der Waals surface area contributed by atoms with Crippen molar-refractivity contribution in [3.63, 3.8) is 0 Å². The lowest BCUT2D eigenvalue weighted by atomic mass is 10.2. The van der Waals surface area contributed by atoms with Gasteiger partial charge in [0, 0.05) is 6.42 Å². The van der Waals surface area contributed by atoms with Gasteiger partial charge in [-0.1, -0.05) is 11.6 Å². The molecule has 0 atom stereocenters. The van der Waals surface area contributed by atoms with Crippen LogP contribution >= 0.6 is 11.6 Å². The molecule has 1 N–H and O–H groups in total. The second-order valence-electron chi connectivity index (χ2n) is 3.10. The smallest absolute Gasteiger partial charge is 0.337 e. The molecule has 1 rings (SSSR count). The van der Waals surface area contributed by atoms with E-state index < -0.39 is 5.97 Å². The molecule has 0 aromatic heterocycles. The maximum absolute atomic E-state index is 10.8. The minimum absolute atomic E-state index is 0.0381. The Labute approximate surface area is 99.0 Å². The van der Waals surface area contributed by atoms with Gasteiger partial charge in [-0.15, -0.1) is 12.3 Å². The number of carboxylic acids is 1. The number of hydrogen-bond acceptors (Lipinski definition) is 2. The lowest BCUT2D eigenvalue weighted by molar-refractivity contribution is 0.0696. The zero-order chi connectivity index (χ0) is 12.0. The maximum Gasteiger partial charge on any atom is 0.337 e. The summed E-state index contributed by atoms with van der Waals surface area (Å²) in [5.74, 6) is 1.91. The minimum Gasteiger partial charge on any atom is -0.494 e. The van der Waals surface area contributed by atoms with Gasteiger partial charge in [-0.2, -0.15) is 0 Å². The average molecular weight is 239 g/mol. The summed E-state index contributed by atoms with van der Waals surface area (Å²) in [4.78, 5) is 10.8. The number of rotatable bonds is 5. The van der Waals surface area contributed by atoms with Crippen LogP contribution in [0.15, 0.2) is 18.2 Å². The van der Waals surface area contributed by atoms with Gasteiger partial charge < -0.3 is 9.84 Å². The molecule has 0 saturated carbocycles. The Balaban J connectivity index is 2.65. The summed E-state index contributed by atoms with van der Waals surface area (Å²) in [7, 11) is 0. The van der Waals surface area contributed by atoms with E-state index in [1.807, 2.05) is 0 Å². The first-order valence-corrected chi connectivity index (χ1v) is 5.12. The molecule has 0 aliphatic carbocycles. The van der Waals surface area contributed by atoms with Crippen molar-refractivity contribution in [2.75, 3.05) is 6.61 Å². The third-order valence-electron chi connectivity index (χ3n) is 1.90. The van der Waals surface area contributed by atoms with Crippen molar-refractivity contribution in [2.24, 2.45) is 0 Å². The van der Waals surface area contributed by atoms with E-state index in [1.165, 1.54) is 12.1 Å². The van der Waals surface area contributed by atoms with Crippen molar-refractivity contribution in [1.29, 1.82) is 0 Å². The van der Waals surface area contributed by atoms with E-state index in [4.69, 9.17) is 27.9 Å². The van der Waals surface area contributed by atoms with Gasteiger partial charge in [0.05, 0.1) is 17.2 Å². The van der Waals surface area contributed by atoms with Crippen LogP contribution in [0.4, 0.5) is 0 Å². The first-order chi connectivity index (χ1) is 7.65. The van der Waals surface area contributed by atoms with E-state index in [0.29, 0.717) is 18.8 Å². The number of halogens is 1. The molecule has 0 aliphatic rings. The van der Waals surface area contributed by atoms with Crippen LogP contribution in [0.1, 0.15) is 23.2 Å². The van der Waals surface area contributed by atoms with Gasteiger partial charge in [0.25, 0.3) is 0 Å². The summed E-state index contributed by atoms with van der Waals surface area (Å²) in [5.41, 5.74) is 0.0381. The monoisotopic (exact) mass is 238 g/mol. The molecule has 0 fully saturated rings. The predicted molar refractivity (Wildman–Crippen MR) is 62.0 cm³/mol. The fourth-order valence-electron chi connectivity index (χ4n) is 1.12. The Bertz CT molecular complexity index is 421. The largest absolute Gasteiger partial charge is 0.494 e. The van der Waals surface area contributed by atoms with Crippen molar-refractivity contribution in [3.05, 3.63) is 28.8 Å². The van der Waals surface area contributed by atoms with E-state index in [2.05, 4.69) is 5.92 Å². The van der Waals surface area contributed by atoms with Crippen LogP contribution in [-0.2, 0) is 0 Å². The molecule has 0 radical (unpaired) electrons. The molecule has 0 bridgehead atoms. The summed E-state index contributed by atoms with van der Waals surface area (Å²) < 4.78 is 5.34. The Hall–Kier alpha value is -1.66. The molecule has 0 unspecified atom stereocenters. The van der Waals surface area contributed by atoms with Gasteiger partial charge in [-0.25, -0.2) is 4.79 Å². The van der Waals surface area contributed by atoms with Crippen LogP contribution in [0, 0.1) is 12.3 Å². The number of aromatic carboxylic acids is 1. The van der Waals surface area contributed by atoms with E-state index in [9.17, 15) is 4.79 Å². The minimum atomic E-state index is -1.07. The highest BCUT2D eigenvalue weighted by atomic mass is 35.5. The number of ether oxygens (including phenoxy) is 1. The number of carbonyl (C=O) groups is 1. The highest BCUT2D eigenvalue weighted by molar-refractivity contribution is 6.33. The van der Waals surface area contributed by atoms with Crippen LogP contribution < -0.4 is 4.74 Å². The summed E-state index contributed by atoms with van der Waals surface area (Å²) in [6.07, 6.45) is 6.47. The van der Waals surface area contributed by atoms with Crippen molar-refractivity contribution in [2.45, 2.75) is 12.8 Å². The molecule has 1 aromatic rings. The normalized spacial score (nSPS) is 9.50. The Morgan fingerprint density at radius 1 is 1.56 bits per heavy atom. The standard InChI is InChI=1S/C12H11ClO3/c1-2-3-4-7-16-9-5-6-11(13)10(8-9)12(14)15/h1,5-6,8H,3-4,7H2,(H,14,15). The molecule has 3 nitrogen and oxygen atoms in total. The number of carboxylic acid groups (broad SMARTS) is 1. The van der Waals surface area contributed by atoms with E-state index in [-0.39, 0.29) is 10.6 Å². The molecular weight excluding hydrogens is 228 g/mol. The number of terminal acetylenes is 1. The summed E-state index contributed by atoms with van der Waals surface area (Å²) in [6, 6.07) is 4.53. The molecule has 1 aromatic carbocycles. The molecule has 84 valence electrons. The van der Waals surface area contributed by atoms with Crippen molar-refractivity contribution in [1.82, 2.24) is 0 Å². The van der Waals surface area contributed by atoms with Crippen LogP contribution in [0.5, 0.6) is 5.75 Å². The van der Waals surface area contributed by atoms with Crippen LogP contribution in [0.3, 0.4) is 0 Å². The summed E-state index contributed by atoms with van der Waals surface area (Å²) >= 11 is 5.71. The SMILES string of the molecule is C#CCCCOc1ccc(Cl)c(C(=O)O)c1. The van der Waals surface area contributed by atoms with Crippen molar-refractivity contribution < 1.29 is 14.6 Å². The highest BCUT2D eigenvalue weighted by Gasteiger charge is 2.09. The predicted octanol–water partition coefficient (Wildman–Crippen LogP) is 2.83. The molecule has 16 heavy (non-hydrogen) atoms. The van der Waals surface area contributed by atoms with E-state index in [1.54, 1.807) is 6.07 Å². The second kappa shape index (κ2) is 6.04. The molecule has 0 saturated heterocycles. The molecule has 0 heterocycles. The zero-order valence-corrected chi connectivity index (χ0v) is 9.33. The molecule has 0 spiro atoms. The molecule has 0 aliphatic heterocycles. The Kier molecular flexibility index (Phi) is 4.68. The fourth-order valence-corrected chi connectivity index (χ4v) is 1.32. The number of benzene rings is 1. The first kappa shape index (κ1) is 12.4. The summed E-state index contributed by atoms with van der Waals surface area (Å²) in [6.45, 7) is 0.463. The van der Waals surface area contributed by atoms with Gasteiger partial charge in [0.1, 0.15) is 5.75 Å². The van der Waals surface area contributed by atoms with Crippen LogP contribution in [0.2, 0.25) is 5.02 Å². The molecule has 0 amide bonds. The van der Waals surface area contributed by atoms with E-state index in [0.717, 1.165) is 6.42 Å². The summed E-state index contributed by atoms with van der Waals surface area (Å²) in [5, 5.41) is 9.03. The fraction of sp³-hybridized carbons (Fsp3) is 0.250. The topological polar surface area (TPSA) is 46.5 Å².